The fourth-order valence-corrected chi connectivity index (χ4v) is 3.49. The molecule has 146 valence electrons. The van der Waals surface area contributed by atoms with Crippen molar-refractivity contribution in [3.8, 4) is 0 Å². The molecule has 0 bridgehead atoms. The average Bonchev–Trinajstić information content (AvgIpc) is 3.19. The molecule has 3 aromatic rings. The van der Waals surface area contributed by atoms with E-state index in [1.54, 1.807) is 29.2 Å². The summed E-state index contributed by atoms with van der Waals surface area (Å²) >= 11 is 0. The number of amides is 2. The van der Waals surface area contributed by atoms with Crippen LogP contribution >= 0.6 is 0 Å². The molecular weight excluding hydrogens is 369 g/mol. The van der Waals surface area contributed by atoms with E-state index in [4.69, 9.17) is 0 Å². The lowest BCUT2D eigenvalue weighted by atomic mass is 10.1. The average molecular weight is 389 g/mol. The van der Waals surface area contributed by atoms with Gasteiger partial charge in [0.1, 0.15) is 11.5 Å². The summed E-state index contributed by atoms with van der Waals surface area (Å²) in [6.07, 6.45) is 2.65. The number of benzene rings is 2. The summed E-state index contributed by atoms with van der Waals surface area (Å²) in [5.74, 6) is -0.833. The second-order valence-electron chi connectivity index (χ2n) is 6.86. The summed E-state index contributed by atoms with van der Waals surface area (Å²) in [6.45, 7) is 0.893. The largest absolute Gasteiger partial charge is 0.352 e. The molecule has 0 fully saturated rings. The normalized spacial score (nSPS) is 12.5. The summed E-state index contributed by atoms with van der Waals surface area (Å²) in [6, 6.07) is 17.3. The molecule has 0 unspecified atom stereocenters. The Bertz CT molecular complexity index is 1070. The second kappa shape index (κ2) is 8.22. The number of carbonyl (C=O) groups is 2. The van der Waals surface area contributed by atoms with E-state index in [-0.39, 0.29) is 23.3 Å². The molecule has 0 saturated carbocycles. The van der Waals surface area contributed by atoms with Crippen molar-refractivity contribution in [3.63, 3.8) is 0 Å². The van der Waals surface area contributed by atoms with Gasteiger partial charge in [-0.05, 0) is 48.2 Å². The van der Waals surface area contributed by atoms with E-state index in [9.17, 15) is 14.0 Å². The van der Waals surface area contributed by atoms with Crippen molar-refractivity contribution < 1.29 is 14.0 Å². The van der Waals surface area contributed by atoms with E-state index < -0.39 is 0 Å². The first-order valence-electron chi connectivity index (χ1n) is 9.51. The van der Waals surface area contributed by atoms with Crippen LogP contribution in [0.3, 0.4) is 0 Å². The minimum absolute atomic E-state index is 0.225. The minimum atomic E-state index is -0.320. The maximum absolute atomic E-state index is 13.7. The molecule has 1 aliphatic heterocycles. The predicted molar refractivity (Wildman–Crippen MR) is 108 cm³/mol. The number of rotatable bonds is 5. The molecule has 0 saturated heterocycles. The molecule has 4 rings (SSSR count). The van der Waals surface area contributed by atoms with Crippen LogP contribution in [0.1, 0.15) is 32.0 Å². The molecule has 6 heteroatoms. The molecule has 1 aliphatic rings. The van der Waals surface area contributed by atoms with Gasteiger partial charge in [0.05, 0.1) is 0 Å². The zero-order chi connectivity index (χ0) is 20.2. The van der Waals surface area contributed by atoms with Crippen LogP contribution in [0.25, 0.3) is 0 Å². The topological polar surface area (TPSA) is 62.3 Å². The molecule has 1 N–H and O–H groups in total. The molecule has 2 heterocycles. The van der Waals surface area contributed by atoms with Crippen molar-refractivity contribution in [2.75, 3.05) is 18.0 Å². The Hall–Kier alpha value is -3.54. The van der Waals surface area contributed by atoms with E-state index in [0.29, 0.717) is 30.6 Å². The number of carbonyl (C=O) groups excluding carboxylic acids is 2. The number of hydrogen-bond donors (Lipinski definition) is 1. The molecule has 2 amide bonds. The zero-order valence-electron chi connectivity index (χ0n) is 15.8. The van der Waals surface area contributed by atoms with Crippen LogP contribution in [-0.4, -0.2) is 29.9 Å². The molecule has 0 radical (unpaired) electrons. The van der Waals surface area contributed by atoms with Crippen LogP contribution in [-0.2, 0) is 12.8 Å². The van der Waals surface area contributed by atoms with Crippen molar-refractivity contribution >= 4 is 17.5 Å². The van der Waals surface area contributed by atoms with Gasteiger partial charge in [0.2, 0.25) is 0 Å². The first-order valence-corrected chi connectivity index (χ1v) is 9.51. The maximum Gasteiger partial charge on any atom is 0.276 e. The van der Waals surface area contributed by atoms with E-state index in [0.717, 1.165) is 17.7 Å². The fourth-order valence-electron chi connectivity index (χ4n) is 3.49. The van der Waals surface area contributed by atoms with Gasteiger partial charge in [-0.25, -0.2) is 4.39 Å². The van der Waals surface area contributed by atoms with Gasteiger partial charge in [-0.3, -0.25) is 14.6 Å². The highest BCUT2D eigenvalue weighted by Gasteiger charge is 2.26. The monoisotopic (exact) mass is 389 g/mol. The molecule has 5 nitrogen and oxygen atoms in total. The van der Waals surface area contributed by atoms with Gasteiger partial charge < -0.3 is 10.2 Å². The van der Waals surface area contributed by atoms with Crippen LogP contribution in [0, 0.1) is 5.82 Å². The quantitative estimate of drug-likeness (QED) is 0.728. The first kappa shape index (κ1) is 18.8. The van der Waals surface area contributed by atoms with E-state index in [1.165, 1.54) is 18.3 Å². The van der Waals surface area contributed by atoms with Crippen molar-refractivity contribution in [2.24, 2.45) is 0 Å². The Morgan fingerprint density at radius 1 is 1.07 bits per heavy atom. The van der Waals surface area contributed by atoms with Crippen LogP contribution in [0.4, 0.5) is 10.1 Å². The highest BCUT2D eigenvalue weighted by Crippen LogP contribution is 2.28. The van der Waals surface area contributed by atoms with Gasteiger partial charge in [0, 0.05) is 30.5 Å². The lowest BCUT2D eigenvalue weighted by molar-refractivity contribution is 0.0954. The summed E-state index contributed by atoms with van der Waals surface area (Å²) in [4.78, 5) is 31.2. The number of pyridine rings is 1. The molecule has 1 aromatic heterocycles. The molecule has 2 aromatic carbocycles. The predicted octanol–water partition coefficient (Wildman–Crippen LogP) is 3.40. The van der Waals surface area contributed by atoms with Crippen molar-refractivity contribution in [1.29, 1.82) is 0 Å². The van der Waals surface area contributed by atoms with Crippen LogP contribution in [0.15, 0.2) is 66.9 Å². The number of hydrogen-bond acceptors (Lipinski definition) is 3. The third kappa shape index (κ3) is 4.01. The van der Waals surface area contributed by atoms with Crippen LogP contribution in [0.2, 0.25) is 0 Å². The lowest BCUT2D eigenvalue weighted by Gasteiger charge is -2.17. The third-order valence-electron chi connectivity index (χ3n) is 5.01. The van der Waals surface area contributed by atoms with E-state index >= 15 is 0 Å². The van der Waals surface area contributed by atoms with Gasteiger partial charge >= 0.3 is 0 Å². The third-order valence-corrected chi connectivity index (χ3v) is 5.01. The highest BCUT2D eigenvalue weighted by atomic mass is 19.1. The van der Waals surface area contributed by atoms with Gasteiger partial charge in [-0.1, -0.05) is 36.4 Å². The number of nitrogens with zero attached hydrogens (tertiary/aromatic N) is 2. The minimum Gasteiger partial charge on any atom is -0.352 e. The van der Waals surface area contributed by atoms with Gasteiger partial charge in [-0.2, -0.15) is 0 Å². The number of anilines is 1. The Labute approximate surface area is 168 Å². The summed E-state index contributed by atoms with van der Waals surface area (Å²) in [5, 5.41) is 2.77. The Kier molecular flexibility index (Phi) is 5.33. The molecule has 0 aliphatic carbocycles. The van der Waals surface area contributed by atoms with Gasteiger partial charge in [0.25, 0.3) is 11.8 Å². The fraction of sp³-hybridized carbons (Fsp3) is 0.174. The standard InChI is InChI=1S/C23H20FN3O2/c24-19-7-3-1-5-16(19)9-13-26-22(28)18-10-12-25-20(15-18)23(29)27-14-11-17-6-2-4-8-21(17)27/h1-8,10,12,15H,9,11,13-14H2,(H,26,28). The van der Waals surface area contributed by atoms with Crippen LogP contribution in [0.5, 0.6) is 0 Å². The first-order chi connectivity index (χ1) is 14.1. The van der Waals surface area contributed by atoms with Crippen LogP contribution < -0.4 is 10.2 Å². The van der Waals surface area contributed by atoms with Crippen molar-refractivity contribution in [1.82, 2.24) is 10.3 Å². The van der Waals surface area contributed by atoms with Gasteiger partial charge in [0.15, 0.2) is 0 Å². The Morgan fingerprint density at radius 2 is 1.86 bits per heavy atom. The smallest absolute Gasteiger partial charge is 0.276 e. The molecule has 29 heavy (non-hydrogen) atoms. The SMILES string of the molecule is O=C(NCCc1ccccc1F)c1ccnc(C(=O)N2CCc3ccccc32)c1. The number of halogens is 1. The summed E-state index contributed by atoms with van der Waals surface area (Å²) < 4.78 is 13.7. The molecule has 0 atom stereocenters. The summed E-state index contributed by atoms with van der Waals surface area (Å²) in [5.41, 5.74) is 3.14. The highest BCUT2D eigenvalue weighted by molar-refractivity contribution is 6.07. The van der Waals surface area contributed by atoms with Crippen molar-refractivity contribution in [2.45, 2.75) is 12.8 Å². The number of nitrogens with one attached hydrogen (secondary N) is 1. The Balaban J connectivity index is 1.42. The molecular formula is C23H20FN3O2. The number of para-hydroxylation sites is 1. The molecule has 0 spiro atoms. The maximum atomic E-state index is 13.7. The number of fused-ring (bicyclic) bond motifs is 1. The van der Waals surface area contributed by atoms with Crippen molar-refractivity contribution in [3.05, 3.63) is 95.1 Å². The lowest BCUT2D eigenvalue weighted by Crippen LogP contribution is -2.30. The van der Waals surface area contributed by atoms with E-state index in [2.05, 4.69) is 10.3 Å². The number of aromatic nitrogens is 1. The Morgan fingerprint density at radius 3 is 2.72 bits per heavy atom. The van der Waals surface area contributed by atoms with E-state index in [1.807, 2.05) is 24.3 Å². The second-order valence-corrected chi connectivity index (χ2v) is 6.86. The zero-order valence-corrected chi connectivity index (χ0v) is 15.8. The summed E-state index contributed by atoms with van der Waals surface area (Å²) in [7, 11) is 0. The van der Waals surface area contributed by atoms with Gasteiger partial charge in [-0.15, -0.1) is 0 Å².